The van der Waals surface area contributed by atoms with E-state index >= 15 is 0 Å². The number of hydrogen-bond acceptors (Lipinski definition) is 12. The molecule has 0 amide bonds. The minimum Gasteiger partial charge on any atom is -0.334 e. The Bertz CT molecular complexity index is 3810. The van der Waals surface area contributed by atoms with Crippen molar-refractivity contribution in [3.8, 4) is 11.5 Å². The molecule has 24 nitrogen and oxygen atoms in total. The first-order valence-corrected chi connectivity index (χ1v) is 29.6. The van der Waals surface area contributed by atoms with Gasteiger partial charge in [0.25, 0.3) is 0 Å². The second kappa shape index (κ2) is 25.9. The lowest BCUT2D eigenvalue weighted by Gasteiger charge is -2.35. The molecule has 13 rings (SSSR count). The highest BCUT2D eigenvalue weighted by molar-refractivity contribution is 5.50. The van der Waals surface area contributed by atoms with E-state index in [1.807, 2.05) is 161 Å². The van der Waals surface area contributed by atoms with Gasteiger partial charge in [0.1, 0.15) is 5.69 Å². The van der Waals surface area contributed by atoms with Crippen LogP contribution in [-0.4, -0.2) is 115 Å². The van der Waals surface area contributed by atoms with Crippen molar-refractivity contribution < 1.29 is 0 Å². The van der Waals surface area contributed by atoms with Gasteiger partial charge in [0.15, 0.2) is 5.82 Å². The predicted octanol–water partition coefficient (Wildman–Crippen LogP) is 10.6. The SMILES string of the molecule is C=CC(CC(CC(CC(CC(CC1CC(CC(CC(CC(CC(CC(=C)n2ccnc2)n2ccnc2)n2ccnc2)n2ccnc2)n2ccnc2)n2cncc2-c2nccn21)n1ccnc1)n1ccnc1)n1ccnc1)n1ccnc1)n1ccnc1. The normalized spacial score (nSPS) is 17.4. The summed E-state index contributed by atoms with van der Waals surface area (Å²) in [5.74, 6) is 0.909. The molecule has 0 radical (unpaired) electrons. The number of nitrogens with zero attached hydrogens (tertiary/aromatic N) is 24. The van der Waals surface area contributed by atoms with Gasteiger partial charge in [-0.2, -0.15) is 0 Å². The highest BCUT2D eigenvalue weighted by Crippen LogP contribution is 2.46. The Hall–Kier alpha value is -10.0. The van der Waals surface area contributed by atoms with Crippen LogP contribution in [0.25, 0.3) is 17.2 Å². The summed E-state index contributed by atoms with van der Waals surface area (Å²) in [4.78, 5) is 55.4. The molecule has 0 aromatic carbocycles. The predicted molar refractivity (Wildman–Crippen MR) is 321 cm³/mol. The molecular weight excluding hydrogens is 1080 g/mol. The van der Waals surface area contributed by atoms with Crippen molar-refractivity contribution in [3.63, 3.8) is 0 Å². The number of fused-ring (bicyclic) bond motifs is 3. The molecule has 1 aliphatic rings. The van der Waals surface area contributed by atoms with E-state index in [0.29, 0.717) is 6.42 Å². The molecule has 0 bridgehead atoms. The van der Waals surface area contributed by atoms with Crippen LogP contribution in [0.5, 0.6) is 0 Å². The Morgan fingerprint density at radius 2 is 0.744 bits per heavy atom. The van der Waals surface area contributed by atoms with Gasteiger partial charge in [0.05, 0.1) is 81.8 Å². The number of allylic oxidation sites excluding steroid dienone is 2. The molecule has 1 aliphatic heterocycles. The number of rotatable bonds is 31. The highest BCUT2D eigenvalue weighted by atomic mass is 15.2. The monoisotopic (exact) mass is 1150 g/mol. The summed E-state index contributed by atoms with van der Waals surface area (Å²) >= 11 is 0. The number of aromatic nitrogens is 24. The van der Waals surface area contributed by atoms with Crippen molar-refractivity contribution in [3.05, 3.63) is 231 Å². The molecule has 13 heterocycles. The zero-order chi connectivity index (χ0) is 58.0. The molecule has 0 saturated heterocycles. The maximum Gasteiger partial charge on any atom is 0.158 e. The van der Waals surface area contributed by atoms with Crippen LogP contribution < -0.4 is 0 Å². The molecule has 12 aromatic rings. The standard InChI is InChI=1S/C62H72N24/c1-3-50(76-16-5-64-39-76)27-52(78-18-7-66-41-78)29-54(80-20-9-68-43-80)31-56(82-22-11-70-45-82)32-57(83-23-12-71-46-83)34-59-36-60(86-48-73-37-61(86)62-74-14-25-85(59)62)35-58(84-24-13-72-47-84)33-55(81-21-10-69-44-81)30-53(79-19-8-67-42-79)28-51(77-17-6-65-40-77)26-49(2)75-15-4-63-38-75/h3-25,37-48,50-60H,1-2,26-36H2. The topological polar surface area (TPSA) is 214 Å². The van der Waals surface area contributed by atoms with Gasteiger partial charge < -0.3 is 54.8 Å². The van der Waals surface area contributed by atoms with Gasteiger partial charge in [-0.3, -0.25) is 0 Å². The van der Waals surface area contributed by atoms with Crippen molar-refractivity contribution in [1.82, 2.24) is 115 Å². The van der Waals surface area contributed by atoms with E-state index in [2.05, 4.69) is 169 Å². The second-order valence-electron chi connectivity index (χ2n) is 22.9. The summed E-state index contributed by atoms with van der Waals surface area (Å²) in [6.07, 6.45) is 77.6. The fourth-order valence-corrected chi connectivity index (χ4v) is 13.5. The van der Waals surface area contributed by atoms with Gasteiger partial charge in [-0.25, -0.2) is 59.8 Å². The van der Waals surface area contributed by atoms with Crippen molar-refractivity contribution in [2.24, 2.45) is 0 Å². The summed E-state index contributed by atoms with van der Waals surface area (Å²) < 4.78 is 27.1. The molecule has 11 atom stereocenters. The number of hydrogen-bond donors (Lipinski definition) is 0. The summed E-state index contributed by atoms with van der Waals surface area (Å²) in [7, 11) is 0. The van der Waals surface area contributed by atoms with Crippen molar-refractivity contribution >= 4 is 5.70 Å². The maximum absolute atomic E-state index is 5.08. The Balaban J connectivity index is 0.799. The van der Waals surface area contributed by atoms with E-state index in [9.17, 15) is 0 Å². The van der Waals surface area contributed by atoms with E-state index in [1.165, 1.54) is 0 Å². The van der Waals surface area contributed by atoms with E-state index in [0.717, 1.165) is 81.4 Å². The van der Waals surface area contributed by atoms with Crippen LogP contribution in [0, 0.1) is 0 Å². The quantitative estimate of drug-likeness (QED) is 0.0371. The van der Waals surface area contributed by atoms with Crippen LogP contribution in [0.4, 0.5) is 0 Å². The third-order valence-electron chi connectivity index (χ3n) is 17.9. The minimum atomic E-state index is 0.0214. The van der Waals surface area contributed by atoms with Gasteiger partial charge in [-0.15, -0.1) is 6.58 Å². The third-order valence-corrected chi connectivity index (χ3v) is 17.9. The van der Waals surface area contributed by atoms with Gasteiger partial charge in [0, 0.05) is 209 Å². The lowest BCUT2D eigenvalue weighted by molar-refractivity contribution is 0.219. The zero-order valence-corrected chi connectivity index (χ0v) is 48.0. The number of imidazole rings is 12. The van der Waals surface area contributed by atoms with E-state index < -0.39 is 0 Å². The molecule has 0 spiro atoms. The van der Waals surface area contributed by atoms with Gasteiger partial charge >= 0.3 is 0 Å². The van der Waals surface area contributed by atoms with Gasteiger partial charge in [0.2, 0.25) is 0 Å². The van der Waals surface area contributed by atoms with Gasteiger partial charge in [-0.1, -0.05) is 12.7 Å². The highest BCUT2D eigenvalue weighted by Gasteiger charge is 2.36. The maximum atomic E-state index is 5.08. The van der Waals surface area contributed by atoms with Crippen molar-refractivity contribution in [2.45, 2.75) is 137 Å². The third kappa shape index (κ3) is 12.4. The van der Waals surface area contributed by atoms with Crippen molar-refractivity contribution in [2.75, 3.05) is 0 Å². The average Bonchev–Trinajstić information content (AvgIpc) is 2.73. The van der Waals surface area contributed by atoms with Crippen LogP contribution in [0.15, 0.2) is 231 Å². The Morgan fingerprint density at radius 1 is 0.384 bits per heavy atom. The van der Waals surface area contributed by atoms with Crippen LogP contribution in [0.1, 0.15) is 137 Å². The second-order valence-corrected chi connectivity index (χ2v) is 22.9. The van der Waals surface area contributed by atoms with Crippen molar-refractivity contribution in [1.29, 1.82) is 0 Å². The molecule has 0 fully saturated rings. The average molecular weight is 1150 g/mol. The molecule has 12 aromatic heterocycles. The lowest BCUT2D eigenvalue weighted by Crippen LogP contribution is -2.26. The molecule has 0 saturated carbocycles. The lowest BCUT2D eigenvalue weighted by atomic mass is 9.88. The molecule has 0 N–H and O–H groups in total. The molecule has 11 unspecified atom stereocenters. The molecule has 0 aliphatic carbocycles. The molecule has 86 heavy (non-hydrogen) atoms. The first-order chi connectivity index (χ1) is 42.5. The van der Waals surface area contributed by atoms with E-state index in [-0.39, 0.29) is 66.5 Å². The smallest absolute Gasteiger partial charge is 0.158 e. The van der Waals surface area contributed by atoms with Crippen LogP contribution in [0.3, 0.4) is 0 Å². The Kier molecular flexibility index (Phi) is 16.6. The fraction of sp³-hybridized carbons (Fsp3) is 0.355. The van der Waals surface area contributed by atoms with E-state index in [4.69, 9.17) is 9.97 Å². The zero-order valence-electron chi connectivity index (χ0n) is 48.0. The summed E-state index contributed by atoms with van der Waals surface area (Å²) in [6.45, 7) is 8.75. The fourth-order valence-electron chi connectivity index (χ4n) is 13.5. The Labute approximate surface area is 498 Å². The molecule has 24 heteroatoms. The Morgan fingerprint density at radius 3 is 1.15 bits per heavy atom. The largest absolute Gasteiger partial charge is 0.334 e. The van der Waals surface area contributed by atoms with Crippen LogP contribution in [-0.2, 0) is 0 Å². The first-order valence-electron chi connectivity index (χ1n) is 29.6. The van der Waals surface area contributed by atoms with Crippen LogP contribution in [0.2, 0.25) is 0 Å². The summed E-state index contributed by atoms with van der Waals surface area (Å²) in [5.41, 5.74) is 1.96. The molecular formula is C62H72N24. The summed E-state index contributed by atoms with van der Waals surface area (Å²) in [5, 5.41) is 0. The minimum absolute atomic E-state index is 0.0214. The van der Waals surface area contributed by atoms with Gasteiger partial charge in [-0.05, 0) is 64.2 Å². The molecule has 440 valence electrons. The van der Waals surface area contributed by atoms with Crippen LogP contribution >= 0.6 is 0 Å². The summed E-state index contributed by atoms with van der Waals surface area (Å²) in [6, 6.07) is 0.463. The first kappa shape index (κ1) is 55.2. The van der Waals surface area contributed by atoms with E-state index in [1.54, 1.807) is 6.20 Å².